The topological polar surface area (TPSA) is 103 Å². The predicted octanol–water partition coefficient (Wildman–Crippen LogP) is 2.00. The van der Waals surface area contributed by atoms with Gasteiger partial charge in [0.05, 0.1) is 5.56 Å². The number of hydrogen-bond donors (Lipinski definition) is 3. The van der Waals surface area contributed by atoms with E-state index in [4.69, 9.17) is 0 Å². The zero-order chi connectivity index (χ0) is 22.7. The summed E-state index contributed by atoms with van der Waals surface area (Å²) in [5.74, 6) is -0.392. The van der Waals surface area contributed by atoms with E-state index in [0.717, 1.165) is 16.8 Å². The van der Waals surface area contributed by atoms with Crippen molar-refractivity contribution in [1.29, 1.82) is 0 Å². The molecule has 32 heavy (non-hydrogen) atoms. The highest BCUT2D eigenvalue weighted by Crippen LogP contribution is 2.32. The minimum atomic E-state index is -0.695. The summed E-state index contributed by atoms with van der Waals surface area (Å²) in [7, 11) is 0. The number of rotatable bonds is 5. The molecule has 0 bridgehead atoms. The highest BCUT2D eigenvalue weighted by Gasteiger charge is 2.41. The molecule has 8 nitrogen and oxygen atoms in total. The van der Waals surface area contributed by atoms with Crippen LogP contribution in [-0.4, -0.2) is 52.4 Å². The summed E-state index contributed by atoms with van der Waals surface area (Å²) < 4.78 is 0. The second kappa shape index (κ2) is 8.98. The Balaban J connectivity index is 1.39. The molecule has 1 aromatic heterocycles. The van der Waals surface area contributed by atoms with Crippen molar-refractivity contribution >= 4 is 23.4 Å². The average Bonchev–Trinajstić information content (AvgIpc) is 2.92. The van der Waals surface area contributed by atoms with Gasteiger partial charge in [-0.2, -0.15) is 0 Å². The van der Waals surface area contributed by atoms with Gasteiger partial charge in [-0.15, -0.1) is 0 Å². The molecular formula is C24H29N5O3. The number of fused-ring (bicyclic) bond motifs is 1. The molecule has 0 unspecified atom stereocenters. The fourth-order valence-electron chi connectivity index (χ4n) is 4.39. The number of aryl methyl sites for hydroxylation is 1. The second-order valence-electron chi connectivity index (χ2n) is 8.62. The lowest BCUT2D eigenvalue weighted by atomic mass is 9.94. The van der Waals surface area contributed by atoms with Gasteiger partial charge in [0, 0.05) is 44.0 Å². The molecule has 168 valence electrons. The molecule has 3 N–H and O–H groups in total. The smallest absolute Gasteiger partial charge is 0.255 e. The molecule has 1 aromatic carbocycles. The third-order valence-corrected chi connectivity index (χ3v) is 6.32. The molecular weight excluding hydrogens is 406 g/mol. The normalized spacial score (nSPS) is 21.2. The van der Waals surface area contributed by atoms with Crippen molar-refractivity contribution in [2.75, 3.05) is 18.4 Å². The van der Waals surface area contributed by atoms with Gasteiger partial charge in [0.25, 0.3) is 5.91 Å². The summed E-state index contributed by atoms with van der Waals surface area (Å²) in [5.41, 5.74) is 2.85. The van der Waals surface area contributed by atoms with Crippen LogP contribution in [-0.2, 0) is 16.0 Å². The number of amides is 3. The number of aromatic nitrogens is 1. The van der Waals surface area contributed by atoms with Gasteiger partial charge in [-0.3, -0.25) is 19.4 Å². The minimum absolute atomic E-state index is 0.0789. The molecule has 1 fully saturated rings. The molecule has 3 amide bonds. The molecule has 1 spiro atoms. The van der Waals surface area contributed by atoms with E-state index in [1.54, 1.807) is 24.2 Å². The first kappa shape index (κ1) is 21.8. The van der Waals surface area contributed by atoms with Crippen LogP contribution in [0.5, 0.6) is 0 Å². The van der Waals surface area contributed by atoms with Crippen LogP contribution in [0.15, 0.2) is 42.7 Å². The van der Waals surface area contributed by atoms with Crippen LogP contribution in [0.1, 0.15) is 47.7 Å². The van der Waals surface area contributed by atoms with Gasteiger partial charge in [-0.05, 0) is 62.1 Å². The Bertz CT molecular complexity index is 1030. The lowest BCUT2D eigenvalue weighted by Gasteiger charge is -2.40. The zero-order valence-electron chi connectivity index (χ0n) is 18.5. The Morgan fingerprint density at radius 3 is 2.75 bits per heavy atom. The van der Waals surface area contributed by atoms with Gasteiger partial charge in [0.15, 0.2) is 0 Å². The number of likely N-dealkylation sites (tertiary alicyclic amines) is 1. The fraction of sp³-hybridized carbons (Fsp3) is 0.417. The molecule has 0 saturated carbocycles. The van der Waals surface area contributed by atoms with Crippen LogP contribution < -0.4 is 16.0 Å². The first-order chi connectivity index (χ1) is 15.4. The summed E-state index contributed by atoms with van der Waals surface area (Å²) in [6, 6.07) is 8.93. The number of nitrogens with one attached hydrogen (secondary N) is 3. The summed E-state index contributed by atoms with van der Waals surface area (Å²) in [4.78, 5) is 43.9. The van der Waals surface area contributed by atoms with Crippen molar-refractivity contribution in [3.05, 3.63) is 59.4 Å². The molecule has 0 radical (unpaired) electrons. The lowest BCUT2D eigenvalue weighted by molar-refractivity contribution is -0.139. The number of carbonyl (C=O) groups is 3. The molecule has 2 aliphatic heterocycles. The second-order valence-corrected chi connectivity index (χ2v) is 8.62. The SMILES string of the molecule is Cc1ccc2c(c1)N[C@@]1(CCC(=O)N([C@H](C)C(=O)NCCc3ccncc3)CC1)NC2=O. The molecule has 0 aliphatic carbocycles. The van der Waals surface area contributed by atoms with E-state index >= 15 is 0 Å². The molecule has 1 saturated heterocycles. The highest BCUT2D eigenvalue weighted by molar-refractivity contribution is 6.02. The monoisotopic (exact) mass is 435 g/mol. The zero-order valence-corrected chi connectivity index (χ0v) is 18.5. The first-order valence-electron chi connectivity index (χ1n) is 11.0. The van der Waals surface area contributed by atoms with Crippen LogP contribution in [0.4, 0.5) is 5.69 Å². The lowest BCUT2D eigenvalue weighted by Crippen LogP contribution is -2.58. The van der Waals surface area contributed by atoms with Gasteiger partial charge in [-0.1, -0.05) is 6.07 Å². The maximum absolute atomic E-state index is 12.9. The van der Waals surface area contributed by atoms with Crippen molar-refractivity contribution in [2.24, 2.45) is 0 Å². The van der Waals surface area contributed by atoms with Crippen LogP contribution in [0, 0.1) is 6.92 Å². The number of nitrogens with zero attached hydrogens (tertiary/aromatic N) is 2. The van der Waals surface area contributed by atoms with Crippen LogP contribution in [0.2, 0.25) is 0 Å². The van der Waals surface area contributed by atoms with Gasteiger partial charge in [-0.25, -0.2) is 0 Å². The van der Waals surface area contributed by atoms with Gasteiger partial charge < -0.3 is 20.9 Å². The molecule has 3 heterocycles. The van der Waals surface area contributed by atoms with Gasteiger partial charge in [0.2, 0.25) is 11.8 Å². The van der Waals surface area contributed by atoms with E-state index in [1.807, 2.05) is 37.3 Å². The number of carbonyl (C=O) groups excluding carboxylic acids is 3. The molecule has 2 aliphatic rings. The van der Waals surface area contributed by atoms with Gasteiger partial charge >= 0.3 is 0 Å². The first-order valence-corrected chi connectivity index (χ1v) is 11.0. The summed E-state index contributed by atoms with van der Waals surface area (Å²) in [5, 5.41) is 9.47. The summed E-state index contributed by atoms with van der Waals surface area (Å²) >= 11 is 0. The van der Waals surface area contributed by atoms with Crippen molar-refractivity contribution in [3.8, 4) is 0 Å². The molecule has 8 heteroatoms. The third kappa shape index (κ3) is 4.59. The minimum Gasteiger partial charge on any atom is -0.362 e. The maximum atomic E-state index is 12.9. The third-order valence-electron chi connectivity index (χ3n) is 6.32. The van der Waals surface area contributed by atoms with E-state index in [0.29, 0.717) is 37.9 Å². The standard InChI is InChI=1S/C24H29N5O3/c1-16-3-4-19-20(15-16)27-24(28-23(19)32)9-5-21(30)29(14-10-24)17(2)22(31)26-13-8-18-6-11-25-12-7-18/h3-4,6-7,11-12,15,17,27H,5,8-10,13-14H2,1-2H3,(H,26,31)(H,28,32)/t17-,24+/m1/s1. The van der Waals surface area contributed by atoms with Gasteiger partial charge in [0.1, 0.15) is 11.7 Å². The van der Waals surface area contributed by atoms with Crippen LogP contribution >= 0.6 is 0 Å². The van der Waals surface area contributed by atoms with Crippen molar-refractivity contribution in [1.82, 2.24) is 20.5 Å². The van der Waals surface area contributed by atoms with E-state index in [1.165, 1.54) is 0 Å². The van der Waals surface area contributed by atoms with E-state index in [2.05, 4.69) is 20.9 Å². The van der Waals surface area contributed by atoms with E-state index in [-0.39, 0.29) is 24.1 Å². The summed E-state index contributed by atoms with van der Waals surface area (Å²) in [6.07, 6.45) is 5.40. The van der Waals surface area contributed by atoms with E-state index < -0.39 is 11.7 Å². The number of hydrogen-bond acceptors (Lipinski definition) is 5. The highest BCUT2D eigenvalue weighted by atomic mass is 16.2. The Labute approximate surface area is 187 Å². The van der Waals surface area contributed by atoms with Crippen molar-refractivity contribution < 1.29 is 14.4 Å². The Kier molecular flexibility index (Phi) is 6.12. The Hall–Kier alpha value is -3.42. The largest absolute Gasteiger partial charge is 0.362 e. The fourth-order valence-corrected chi connectivity index (χ4v) is 4.39. The van der Waals surface area contributed by atoms with Crippen molar-refractivity contribution in [3.63, 3.8) is 0 Å². The Morgan fingerprint density at radius 1 is 1.19 bits per heavy atom. The summed E-state index contributed by atoms with van der Waals surface area (Å²) in [6.45, 7) is 4.61. The number of pyridine rings is 1. The number of anilines is 1. The van der Waals surface area contributed by atoms with Crippen molar-refractivity contribution in [2.45, 2.75) is 51.2 Å². The average molecular weight is 436 g/mol. The predicted molar refractivity (Wildman–Crippen MR) is 121 cm³/mol. The number of benzene rings is 1. The van der Waals surface area contributed by atoms with Crippen LogP contribution in [0.3, 0.4) is 0 Å². The quantitative estimate of drug-likeness (QED) is 0.667. The molecule has 2 atom stereocenters. The Morgan fingerprint density at radius 2 is 1.97 bits per heavy atom. The van der Waals surface area contributed by atoms with E-state index in [9.17, 15) is 14.4 Å². The van der Waals surface area contributed by atoms with Crippen LogP contribution in [0.25, 0.3) is 0 Å². The molecule has 4 rings (SSSR count). The molecule has 2 aromatic rings. The maximum Gasteiger partial charge on any atom is 0.255 e.